The highest BCUT2D eigenvalue weighted by Gasteiger charge is 2.06. The van der Waals surface area contributed by atoms with Gasteiger partial charge >= 0.3 is 0 Å². The Morgan fingerprint density at radius 1 is 1.50 bits per heavy atom. The fourth-order valence-electron chi connectivity index (χ4n) is 0.999. The molecule has 0 saturated heterocycles. The Morgan fingerprint density at radius 3 is 2.62 bits per heavy atom. The third-order valence-electron chi connectivity index (χ3n) is 1.85. The van der Waals surface area contributed by atoms with Crippen molar-refractivity contribution in [2.75, 3.05) is 7.11 Å². The molecule has 1 aromatic rings. The maximum Gasteiger partial charge on any atom is 0.284 e. The number of carbonyl (C=O) groups excluding carboxylic acids is 1. The van der Waals surface area contributed by atoms with Crippen molar-refractivity contribution < 1.29 is 9.53 Å². The van der Waals surface area contributed by atoms with Crippen LogP contribution in [0.1, 0.15) is 6.92 Å². The summed E-state index contributed by atoms with van der Waals surface area (Å²) in [6.07, 6.45) is 5.16. The first-order valence-electron chi connectivity index (χ1n) is 4.74. The molecular weight excluding hydrogens is 222 g/mol. The molecule has 0 spiro atoms. The van der Waals surface area contributed by atoms with Gasteiger partial charge < -0.3 is 10.1 Å². The number of nitrogens with one attached hydrogen (secondary N) is 1. The van der Waals surface area contributed by atoms with Crippen LogP contribution in [-0.2, 0) is 0 Å². The lowest BCUT2D eigenvalue weighted by Crippen LogP contribution is -2.27. The maximum absolute atomic E-state index is 11.5. The van der Waals surface area contributed by atoms with Crippen molar-refractivity contribution in [3.8, 4) is 18.1 Å². The number of hydrogen-bond acceptors (Lipinski definition) is 3. The van der Waals surface area contributed by atoms with Gasteiger partial charge in [0.25, 0.3) is 5.24 Å². The first-order valence-corrected chi connectivity index (χ1v) is 5.56. The van der Waals surface area contributed by atoms with Gasteiger partial charge in [-0.2, -0.15) is 0 Å². The van der Waals surface area contributed by atoms with E-state index in [4.69, 9.17) is 11.2 Å². The summed E-state index contributed by atoms with van der Waals surface area (Å²) in [5, 5.41) is 2.51. The van der Waals surface area contributed by atoms with Crippen LogP contribution in [0.4, 0.5) is 4.79 Å². The molecule has 0 aromatic heterocycles. The van der Waals surface area contributed by atoms with Crippen LogP contribution in [0.25, 0.3) is 0 Å². The minimum Gasteiger partial charge on any atom is -0.497 e. The molecule has 1 N–H and O–H groups in total. The zero-order valence-corrected chi connectivity index (χ0v) is 10.0. The van der Waals surface area contributed by atoms with Gasteiger partial charge in [0, 0.05) is 4.90 Å². The summed E-state index contributed by atoms with van der Waals surface area (Å²) >= 11 is 1.11. The monoisotopic (exact) mass is 235 g/mol. The van der Waals surface area contributed by atoms with Crippen LogP contribution in [0.5, 0.6) is 5.75 Å². The Hall–Kier alpha value is -1.60. The third-order valence-corrected chi connectivity index (χ3v) is 2.67. The Balaban J connectivity index is 2.53. The molecule has 1 rings (SSSR count). The van der Waals surface area contributed by atoms with Crippen molar-refractivity contribution in [1.29, 1.82) is 0 Å². The largest absolute Gasteiger partial charge is 0.497 e. The van der Waals surface area contributed by atoms with Crippen molar-refractivity contribution in [2.45, 2.75) is 17.9 Å². The highest BCUT2D eigenvalue weighted by atomic mass is 32.2. The predicted octanol–water partition coefficient (Wildman–Crippen LogP) is 2.52. The van der Waals surface area contributed by atoms with Crippen LogP contribution in [0.2, 0.25) is 0 Å². The Bertz CT molecular complexity index is 394. The zero-order valence-electron chi connectivity index (χ0n) is 9.19. The van der Waals surface area contributed by atoms with Gasteiger partial charge in [0.15, 0.2) is 0 Å². The van der Waals surface area contributed by atoms with E-state index in [9.17, 15) is 4.79 Å². The lowest BCUT2D eigenvalue weighted by Gasteiger charge is -2.07. The fourth-order valence-corrected chi connectivity index (χ4v) is 1.72. The highest BCUT2D eigenvalue weighted by Crippen LogP contribution is 2.21. The lowest BCUT2D eigenvalue weighted by atomic mass is 10.3. The quantitative estimate of drug-likeness (QED) is 0.646. The van der Waals surface area contributed by atoms with Gasteiger partial charge in [0.1, 0.15) is 5.75 Å². The second-order valence-electron chi connectivity index (χ2n) is 3.10. The summed E-state index contributed by atoms with van der Waals surface area (Å²) in [4.78, 5) is 12.3. The van der Waals surface area contributed by atoms with Crippen molar-refractivity contribution in [2.24, 2.45) is 0 Å². The zero-order chi connectivity index (χ0) is 12.0. The van der Waals surface area contributed by atoms with E-state index in [0.29, 0.717) is 0 Å². The van der Waals surface area contributed by atoms with E-state index in [1.807, 2.05) is 12.1 Å². The van der Waals surface area contributed by atoms with E-state index >= 15 is 0 Å². The molecular formula is C12H13NO2S. The Morgan fingerprint density at radius 2 is 2.12 bits per heavy atom. The third kappa shape index (κ3) is 3.87. The van der Waals surface area contributed by atoms with Crippen LogP contribution in [0, 0.1) is 12.3 Å². The van der Waals surface area contributed by atoms with Gasteiger partial charge in [-0.1, -0.05) is 5.92 Å². The average Bonchev–Trinajstić information content (AvgIpc) is 2.29. The molecule has 0 heterocycles. The summed E-state index contributed by atoms with van der Waals surface area (Å²) in [5.41, 5.74) is 0. The summed E-state index contributed by atoms with van der Waals surface area (Å²) < 4.78 is 5.02. The van der Waals surface area contributed by atoms with Crippen molar-refractivity contribution in [1.82, 2.24) is 5.32 Å². The first-order chi connectivity index (χ1) is 7.65. The van der Waals surface area contributed by atoms with Crippen molar-refractivity contribution in [3.63, 3.8) is 0 Å². The number of amides is 1. The van der Waals surface area contributed by atoms with E-state index in [0.717, 1.165) is 22.4 Å². The Labute approximate surface area is 99.6 Å². The molecule has 0 bridgehead atoms. The molecule has 1 unspecified atom stereocenters. The molecule has 1 aromatic carbocycles. The summed E-state index contributed by atoms with van der Waals surface area (Å²) in [7, 11) is 1.60. The van der Waals surface area contributed by atoms with Gasteiger partial charge in [-0.3, -0.25) is 4.79 Å². The highest BCUT2D eigenvalue weighted by molar-refractivity contribution is 8.13. The van der Waals surface area contributed by atoms with E-state index in [2.05, 4.69) is 11.2 Å². The van der Waals surface area contributed by atoms with Crippen molar-refractivity contribution >= 4 is 17.0 Å². The topological polar surface area (TPSA) is 38.3 Å². The summed E-state index contributed by atoms with van der Waals surface area (Å²) in [6, 6.07) is 7.01. The smallest absolute Gasteiger partial charge is 0.284 e. The number of ether oxygens (including phenoxy) is 1. The van der Waals surface area contributed by atoms with Crippen LogP contribution < -0.4 is 10.1 Å². The molecule has 84 valence electrons. The van der Waals surface area contributed by atoms with Gasteiger partial charge in [0.05, 0.1) is 13.2 Å². The van der Waals surface area contributed by atoms with Crippen LogP contribution >= 0.6 is 11.8 Å². The number of benzene rings is 1. The van der Waals surface area contributed by atoms with Crippen LogP contribution in [-0.4, -0.2) is 18.4 Å². The second kappa shape index (κ2) is 6.09. The molecule has 0 aliphatic rings. The molecule has 0 aliphatic heterocycles. The van der Waals surface area contributed by atoms with E-state index in [1.165, 1.54) is 0 Å². The minimum absolute atomic E-state index is 0.157. The molecule has 0 saturated carbocycles. The SMILES string of the molecule is C#CC(C)NC(=O)Sc1ccc(OC)cc1. The van der Waals surface area contributed by atoms with Gasteiger partial charge in [-0.05, 0) is 43.0 Å². The first kappa shape index (κ1) is 12.5. The fraction of sp³-hybridized carbons (Fsp3) is 0.250. The van der Waals surface area contributed by atoms with Crippen LogP contribution in [0.3, 0.4) is 0 Å². The number of terminal acetylenes is 1. The number of carbonyl (C=O) groups is 1. The normalized spacial score (nSPS) is 11.3. The van der Waals surface area contributed by atoms with Gasteiger partial charge in [0.2, 0.25) is 0 Å². The number of methoxy groups -OCH3 is 1. The number of rotatable bonds is 3. The Kier molecular flexibility index (Phi) is 4.74. The van der Waals surface area contributed by atoms with E-state index < -0.39 is 0 Å². The minimum atomic E-state index is -0.252. The molecule has 1 atom stereocenters. The molecule has 16 heavy (non-hydrogen) atoms. The lowest BCUT2D eigenvalue weighted by molar-refractivity contribution is 0.260. The van der Waals surface area contributed by atoms with Crippen LogP contribution in [0.15, 0.2) is 29.2 Å². The number of thioether (sulfide) groups is 1. The van der Waals surface area contributed by atoms with Gasteiger partial charge in [-0.25, -0.2) is 0 Å². The molecule has 3 nitrogen and oxygen atoms in total. The maximum atomic E-state index is 11.5. The molecule has 1 amide bonds. The summed E-state index contributed by atoms with van der Waals surface area (Å²) in [5.74, 6) is 3.20. The average molecular weight is 235 g/mol. The van der Waals surface area contributed by atoms with Gasteiger partial charge in [-0.15, -0.1) is 6.42 Å². The molecule has 0 aliphatic carbocycles. The number of hydrogen-bond donors (Lipinski definition) is 1. The van der Waals surface area contributed by atoms with E-state index in [1.54, 1.807) is 26.2 Å². The van der Waals surface area contributed by atoms with Crippen molar-refractivity contribution in [3.05, 3.63) is 24.3 Å². The second-order valence-corrected chi connectivity index (χ2v) is 4.14. The predicted molar refractivity (Wildman–Crippen MR) is 65.7 cm³/mol. The molecule has 0 fully saturated rings. The van der Waals surface area contributed by atoms with E-state index in [-0.39, 0.29) is 11.3 Å². The standard InChI is InChI=1S/C12H13NO2S/c1-4-9(2)13-12(14)16-11-7-5-10(15-3)6-8-11/h1,5-9H,2-3H3,(H,13,14). The summed E-state index contributed by atoms with van der Waals surface area (Å²) in [6.45, 7) is 1.76. The molecule has 4 heteroatoms. The molecule has 0 radical (unpaired) electrons.